The van der Waals surface area contributed by atoms with Gasteiger partial charge in [0, 0.05) is 25.2 Å². The van der Waals surface area contributed by atoms with Crippen molar-refractivity contribution in [2.75, 3.05) is 13.6 Å². The number of carbonyl (C=O) groups is 1. The number of nitrogens with one attached hydrogen (secondary N) is 1. The van der Waals surface area contributed by atoms with Crippen molar-refractivity contribution in [2.24, 2.45) is 0 Å². The predicted octanol–water partition coefficient (Wildman–Crippen LogP) is 1.43. The van der Waals surface area contributed by atoms with E-state index >= 15 is 0 Å². The minimum Gasteiger partial charge on any atom is -0.350 e. The summed E-state index contributed by atoms with van der Waals surface area (Å²) in [6.45, 7) is 4.15. The second-order valence-corrected chi connectivity index (χ2v) is 3.95. The second-order valence-electron chi connectivity index (χ2n) is 3.95. The van der Waals surface area contributed by atoms with Gasteiger partial charge in [0.05, 0.1) is 0 Å². The van der Waals surface area contributed by atoms with E-state index in [1.165, 1.54) is 0 Å². The van der Waals surface area contributed by atoms with Crippen LogP contribution in [0.4, 0.5) is 0 Å². The molecule has 1 aromatic rings. The first kappa shape index (κ1) is 12.7. The highest BCUT2D eigenvalue weighted by Gasteiger charge is 2.11. The highest BCUT2D eigenvalue weighted by molar-refractivity contribution is 5.95. The molecular formula is C12H18N2O2. The van der Waals surface area contributed by atoms with Gasteiger partial charge in [-0.3, -0.25) is 4.79 Å². The molecule has 16 heavy (non-hydrogen) atoms. The first-order chi connectivity index (χ1) is 7.52. The minimum atomic E-state index is -0.105. The topological polar surface area (TPSA) is 52.6 Å². The molecule has 88 valence electrons. The van der Waals surface area contributed by atoms with Gasteiger partial charge in [-0.05, 0) is 25.5 Å². The van der Waals surface area contributed by atoms with Gasteiger partial charge in [-0.1, -0.05) is 18.2 Å². The van der Waals surface area contributed by atoms with E-state index in [0.717, 1.165) is 10.6 Å². The second kappa shape index (κ2) is 5.63. The highest BCUT2D eigenvalue weighted by Crippen LogP contribution is 2.06. The fourth-order valence-corrected chi connectivity index (χ4v) is 1.30. The molecular weight excluding hydrogens is 204 g/mol. The zero-order valence-corrected chi connectivity index (χ0v) is 9.90. The van der Waals surface area contributed by atoms with Crippen molar-refractivity contribution < 1.29 is 10.0 Å². The number of hydroxylamine groups is 2. The summed E-state index contributed by atoms with van der Waals surface area (Å²) in [5.74, 6) is -0.105. The van der Waals surface area contributed by atoms with Gasteiger partial charge in [0.15, 0.2) is 0 Å². The van der Waals surface area contributed by atoms with Gasteiger partial charge < -0.3 is 10.5 Å². The monoisotopic (exact) mass is 222 g/mol. The standard InChI is InChI=1S/C12H18N2O2/c1-9-6-4-5-7-11(9)12(15)13-8-10(2)14(3)16/h4-7,10,16H,8H2,1-3H3,(H,13,15). The molecule has 1 atom stereocenters. The molecule has 0 aliphatic heterocycles. The van der Waals surface area contributed by atoms with Crippen molar-refractivity contribution in [3.05, 3.63) is 35.4 Å². The molecule has 0 aliphatic rings. The average Bonchev–Trinajstić information content (AvgIpc) is 2.25. The summed E-state index contributed by atoms with van der Waals surface area (Å²) in [5, 5.41) is 13.0. The number of amides is 1. The molecule has 2 N–H and O–H groups in total. The maximum Gasteiger partial charge on any atom is 0.251 e. The van der Waals surface area contributed by atoms with Gasteiger partial charge in [0.25, 0.3) is 5.91 Å². The van der Waals surface area contributed by atoms with Crippen molar-refractivity contribution in [3.8, 4) is 0 Å². The molecule has 1 amide bonds. The predicted molar refractivity (Wildman–Crippen MR) is 62.5 cm³/mol. The van der Waals surface area contributed by atoms with Crippen LogP contribution in [0.5, 0.6) is 0 Å². The SMILES string of the molecule is Cc1ccccc1C(=O)NCC(C)N(C)O. The lowest BCUT2D eigenvalue weighted by atomic mass is 10.1. The summed E-state index contributed by atoms with van der Waals surface area (Å²) in [5.41, 5.74) is 1.63. The van der Waals surface area contributed by atoms with Crippen LogP contribution in [0.25, 0.3) is 0 Å². The van der Waals surface area contributed by atoms with E-state index in [4.69, 9.17) is 5.21 Å². The number of likely N-dealkylation sites (N-methyl/N-ethyl adjacent to an activating group) is 1. The Kier molecular flexibility index (Phi) is 4.46. The molecule has 0 aromatic heterocycles. The summed E-state index contributed by atoms with van der Waals surface area (Å²) >= 11 is 0. The van der Waals surface area contributed by atoms with E-state index in [1.807, 2.05) is 32.0 Å². The molecule has 0 saturated heterocycles. The molecule has 0 bridgehead atoms. The summed E-state index contributed by atoms with van der Waals surface area (Å²) in [4.78, 5) is 11.8. The number of rotatable bonds is 4. The first-order valence-electron chi connectivity index (χ1n) is 5.28. The average molecular weight is 222 g/mol. The molecule has 0 heterocycles. The lowest BCUT2D eigenvalue weighted by molar-refractivity contribution is -0.0950. The van der Waals surface area contributed by atoms with E-state index in [1.54, 1.807) is 13.1 Å². The number of hydrogen-bond donors (Lipinski definition) is 2. The van der Waals surface area contributed by atoms with Crippen molar-refractivity contribution in [1.29, 1.82) is 0 Å². The zero-order chi connectivity index (χ0) is 12.1. The molecule has 1 unspecified atom stereocenters. The Labute approximate surface area is 95.8 Å². The van der Waals surface area contributed by atoms with Crippen molar-refractivity contribution in [1.82, 2.24) is 10.4 Å². The van der Waals surface area contributed by atoms with Crippen LogP contribution in [0.1, 0.15) is 22.8 Å². The maximum atomic E-state index is 11.8. The Morgan fingerprint density at radius 3 is 2.69 bits per heavy atom. The summed E-state index contributed by atoms with van der Waals surface area (Å²) < 4.78 is 0. The Morgan fingerprint density at radius 1 is 1.50 bits per heavy atom. The fraction of sp³-hybridized carbons (Fsp3) is 0.417. The lowest BCUT2D eigenvalue weighted by Crippen LogP contribution is -2.38. The molecule has 0 aliphatic carbocycles. The number of hydrogen-bond acceptors (Lipinski definition) is 3. The van der Waals surface area contributed by atoms with Crippen LogP contribution < -0.4 is 5.32 Å². The molecule has 0 radical (unpaired) electrons. The van der Waals surface area contributed by atoms with Crippen molar-refractivity contribution in [2.45, 2.75) is 19.9 Å². The van der Waals surface area contributed by atoms with E-state index in [9.17, 15) is 4.79 Å². The smallest absolute Gasteiger partial charge is 0.251 e. The normalized spacial score (nSPS) is 12.6. The first-order valence-corrected chi connectivity index (χ1v) is 5.28. The van der Waals surface area contributed by atoms with Gasteiger partial charge in [0.1, 0.15) is 0 Å². The highest BCUT2D eigenvalue weighted by atomic mass is 16.5. The van der Waals surface area contributed by atoms with Crippen LogP contribution in [0.15, 0.2) is 24.3 Å². The number of aryl methyl sites for hydroxylation is 1. The fourth-order valence-electron chi connectivity index (χ4n) is 1.30. The van der Waals surface area contributed by atoms with Gasteiger partial charge in [-0.25, -0.2) is 0 Å². The number of nitrogens with zero attached hydrogens (tertiary/aromatic N) is 1. The third-order valence-electron chi connectivity index (χ3n) is 2.59. The van der Waals surface area contributed by atoms with E-state index in [-0.39, 0.29) is 11.9 Å². The summed E-state index contributed by atoms with van der Waals surface area (Å²) in [7, 11) is 1.56. The summed E-state index contributed by atoms with van der Waals surface area (Å²) in [6.07, 6.45) is 0. The minimum absolute atomic E-state index is 0.104. The van der Waals surface area contributed by atoms with E-state index in [0.29, 0.717) is 12.1 Å². The molecule has 0 spiro atoms. The molecule has 4 heteroatoms. The Bertz CT molecular complexity index is 364. The Balaban J connectivity index is 2.57. The maximum absolute atomic E-state index is 11.8. The van der Waals surface area contributed by atoms with Crippen LogP contribution >= 0.6 is 0 Å². The Hall–Kier alpha value is -1.39. The molecule has 1 aromatic carbocycles. The largest absolute Gasteiger partial charge is 0.350 e. The van der Waals surface area contributed by atoms with Crippen molar-refractivity contribution in [3.63, 3.8) is 0 Å². The molecule has 1 rings (SSSR count). The summed E-state index contributed by atoms with van der Waals surface area (Å²) in [6, 6.07) is 7.32. The van der Waals surface area contributed by atoms with Crippen LogP contribution in [-0.4, -0.2) is 35.8 Å². The molecule has 0 fully saturated rings. The van der Waals surface area contributed by atoms with Crippen LogP contribution in [0.3, 0.4) is 0 Å². The third kappa shape index (κ3) is 3.32. The zero-order valence-electron chi connectivity index (χ0n) is 9.90. The van der Waals surface area contributed by atoms with Gasteiger partial charge >= 0.3 is 0 Å². The third-order valence-corrected chi connectivity index (χ3v) is 2.59. The quantitative estimate of drug-likeness (QED) is 0.758. The Morgan fingerprint density at radius 2 is 2.12 bits per heavy atom. The van der Waals surface area contributed by atoms with Crippen LogP contribution in [-0.2, 0) is 0 Å². The van der Waals surface area contributed by atoms with Gasteiger partial charge in [-0.15, -0.1) is 0 Å². The van der Waals surface area contributed by atoms with Gasteiger partial charge in [-0.2, -0.15) is 5.06 Å². The van der Waals surface area contributed by atoms with E-state index in [2.05, 4.69) is 5.32 Å². The van der Waals surface area contributed by atoms with Crippen LogP contribution in [0.2, 0.25) is 0 Å². The van der Waals surface area contributed by atoms with Crippen LogP contribution in [0, 0.1) is 6.92 Å². The van der Waals surface area contributed by atoms with E-state index < -0.39 is 0 Å². The lowest BCUT2D eigenvalue weighted by Gasteiger charge is -2.18. The van der Waals surface area contributed by atoms with Crippen molar-refractivity contribution >= 4 is 5.91 Å². The number of benzene rings is 1. The molecule has 0 saturated carbocycles. The van der Waals surface area contributed by atoms with Gasteiger partial charge in [0.2, 0.25) is 0 Å². The number of carbonyl (C=O) groups excluding carboxylic acids is 1. The molecule has 4 nitrogen and oxygen atoms in total.